The molecule has 1 saturated carbocycles. The molecule has 4 rings (SSSR count). The van der Waals surface area contributed by atoms with E-state index in [0.717, 1.165) is 63.0 Å². The lowest BCUT2D eigenvalue weighted by molar-refractivity contribution is -0.124. The number of hydrogen-bond acceptors (Lipinski definition) is 5. The second-order valence-electron chi connectivity index (χ2n) is 10.3. The Morgan fingerprint density at radius 3 is 2.39 bits per heavy atom. The zero-order valence-electron chi connectivity index (χ0n) is 21.4. The van der Waals surface area contributed by atoms with Gasteiger partial charge in [-0.2, -0.15) is 0 Å². The van der Waals surface area contributed by atoms with Crippen molar-refractivity contribution in [3.05, 3.63) is 42.1 Å². The smallest absolute Gasteiger partial charge is 0.449 e. The highest BCUT2D eigenvalue weighted by molar-refractivity contribution is 5.96. The van der Waals surface area contributed by atoms with Crippen LogP contribution in [0.4, 0.5) is 10.6 Å². The highest BCUT2D eigenvalue weighted by atomic mass is 16.7. The summed E-state index contributed by atoms with van der Waals surface area (Å²) >= 11 is 0. The molecule has 1 aliphatic carbocycles. The van der Waals surface area contributed by atoms with Crippen molar-refractivity contribution in [1.82, 2.24) is 9.78 Å². The van der Waals surface area contributed by atoms with Crippen LogP contribution in [0.3, 0.4) is 0 Å². The zero-order chi connectivity index (χ0) is 25.7. The monoisotopic (exact) mass is 495 g/mol. The zero-order valence-corrected chi connectivity index (χ0v) is 21.4. The average Bonchev–Trinajstić information content (AvgIpc) is 3.26. The molecule has 8 heteroatoms. The number of carboxylic acid groups (broad SMARTS) is 1. The van der Waals surface area contributed by atoms with Crippen LogP contribution in [0.1, 0.15) is 64.9 Å². The molecule has 0 atom stereocenters. The number of ether oxygens (including phenoxy) is 2. The van der Waals surface area contributed by atoms with Gasteiger partial charge in [-0.1, -0.05) is 31.2 Å². The molecule has 2 heterocycles. The maximum atomic E-state index is 13.5. The minimum atomic E-state index is -1.44. The molecule has 2 fully saturated rings. The minimum absolute atomic E-state index is 0.0222. The van der Waals surface area contributed by atoms with Crippen LogP contribution >= 0.6 is 0 Å². The predicted molar refractivity (Wildman–Crippen MR) is 139 cm³/mol. The van der Waals surface area contributed by atoms with Gasteiger partial charge in [0.25, 0.3) is 0 Å². The Kier molecular flexibility index (Phi) is 8.46. The fourth-order valence-corrected chi connectivity index (χ4v) is 5.02. The summed E-state index contributed by atoms with van der Waals surface area (Å²) in [7, 11) is 0. The van der Waals surface area contributed by atoms with Gasteiger partial charge in [0.05, 0.1) is 11.9 Å². The molecule has 1 saturated heterocycles. The Hall–Kier alpha value is -3.13. The van der Waals surface area contributed by atoms with E-state index in [0.29, 0.717) is 11.8 Å². The van der Waals surface area contributed by atoms with E-state index in [-0.39, 0.29) is 29.4 Å². The predicted octanol–water partition coefficient (Wildman–Crippen LogP) is 5.94. The van der Waals surface area contributed by atoms with Gasteiger partial charge in [-0.05, 0) is 81.9 Å². The van der Waals surface area contributed by atoms with E-state index in [1.165, 1.54) is 6.20 Å². The average molecular weight is 496 g/mol. The molecular weight excluding hydrogens is 458 g/mol. The van der Waals surface area contributed by atoms with E-state index in [9.17, 15) is 14.7 Å². The highest BCUT2D eigenvalue weighted by Crippen LogP contribution is 2.35. The van der Waals surface area contributed by atoms with Gasteiger partial charge >= 0.3 is 6.16 Å². The van der Waals surface area contributed by atoms with Crippen molar-refractivity contribution < 1.29 is 24.2 Å². The van der Waals surface area contributed by atoms with E-state index < -0.39 is 6.16 Å². The van der Waals surface area contributed by atoms with E-state index in [2.05, 4.69) is 24.2 Å². The molecule has 2 aromatic rings. The summed E-state index contributed by atoms with van der Waals surface area (Å²) in [5.74, 6) is 1.34. The Morgan fingerprint density at radius 1 is 1.11 bits per heavy atom. The van der Waals surface area contributed by atoms with Crippen molar-refractivity contribution in [3.63, 3.8) is 0 Å². The molecule has 2 aliphatic rings. The highest BCUT2D eigenvalue weighted by Gasteiger charge is 2.34. The molecule has 0 radical (unpaired) electrons. The molecule has 0 spiro atoms. The summed E-state index contributed by atoms with van der Waals surface area (Å²) in [4.78, 5) is 26.6. The molecule has 8 nitrogen and oxygen atoms in total. The Bertz CT molecular complexity index is 1060. The van der Waals surface area contributed by atoms with Crippen molar-refractivity contribution in [3.8, 4) is 11.4 Å². The number of allylic oxidation sites excluding steroid dienone is 1. The largest absolute Gasteiger partial charge is 0.511 e. The fourth-order valence-electron chi connectivity index (χ4n) is 5.02. The SMILES string of the molecule is CC1CCC(C(=O)N(c2nn(-c3ccc(/C=C/C4CCOCC4)cc3)cc2OC(=O)O)C(C)C)CC1. The lowest BCUT2D eigenvalue weighted by Crippen LogP contribution is -2.42. The van der Waals surface area contributed by atoms with Crippen LogP contribution in [-0.4, -0.2) is 46.2 Å². The number of anilines is 1. The fraction of sp³-hybridized carbons (Fsp3) is 0.536. The Balaban J connectivity index is 1.58. The molecule has 194 valence electrons. The van der Waals surface area contributed by atoms with Gasteiger partial charge in [0.1, 0.15) is 0 Å². The van der Waals surface area contributed by atoms with Gasteiger partial charge in [0.15, 0.2) is 5.75 Å². The Labute approximate surface area is 212 Å². The van der Waals surface area contributed by atoms with E-state index in [1.54, 1.807) is 9.58 Å². The van der Waals surface area contributed by atoms with Gasteiger partial charge in [0.2, 0.25) is 11.7 Å². The molecule has 0 unspecified atom stereocenters. The van der Waals surface area contributed by atoms with E-state index in [4.69, 9.17) is 9.47 Å². The third-order valence-electron chi connectivity index (χ3n) is 7.19. The number of rotatable bonds is 7. The first kappa shape index (κ1) is 25.9. The van der Waals surface area contributed by atoms with Crippen molar-refractivity contribution in [2.45, 2.75) is 65.3 Å². The Morgan fingerprint density at radius 2 is 1.78 bits per heavy atom. The van der Waals surface area contributed by atoms with Crippen LogP contribution in [0.5, 0.6) is 5.75 Å². The maximum Gasteiger partial charge on any atom is 0.511 e. The van der Waals surface area contributed by atoms with Gasteiger partial charge < -0.3 is 14.6 Å². The summed E-state index contributed by atoms with van der Waals surface area (Å²) in [6, 6.07) is 7.65. The lowest BCUT2D eigenvalue weighted by Gasteiger charge is -2.32. The number of carbonyl (C=O) groups excluding carboxylic acids is 1. The first-order valence-electron chi connectivity index (χ1n) is 13.0. The van der Waals surface area contributed by atoms with Crippen LogP contribution in [0.15, 0.2) is 36.5 Å². The van der Waals surface area contributed by atoms with E-state index >= 15 is 0 Å². The third kappa shape index (κ3) is 6.35. The summed E-state index contributed by atoms with van der Waals surface area (Å²) in [6.45, 7) is 7.66. The second kappa shape index (κ2) is 11.7. The molecule has 1 aromatic carbocycles. The molecule has 1 aliphatic heterocycles. The van der Waals surface area contributed by atoms with Crippen LogP contribution < -0.4 is 9.64 Å². The van der Waals surface area contributed by atoms with Gasteiger partial charge in [-0.15, -0.1) is 5.10 Å². The first-order chi connectivity index (χ1) is 17.3. The lowest BCUT2D eigenvalue weighted by atomic mass is 9.82. The van der Waals surface area contributed by atoms with Crippen LogP contribution in [0.2, 0.25) is 0 Å². The molecule has 1 aromatic heterocycles. The van der Waals surface area contributed by atoms with Gasteiger partial charge in [-0.25, -0.2) is 9.48 Å². The maximum absolute atomic E-state index is 13.5. The topological polar surface area (TPSA) is 93.9 Å². The normalized spacial score (nSPS) is 21.1. The number of amides is 1. The van der Waals surface area contributed by atoms with Crippen LogP contribution in [0.25, 0.3) is 11.8 Å². The number of aromatic nitrogens is 2. The van der Waals surface area contributed by atoms with Crippen LogP contribution in [0, 0.1) is 17.8 Å². The number of carbonyl (C=O) groups is 2. The first-order valence-corrected chi connectivity index (χ1v) is 13.0. The van der Waals surface area contributed by atoms with E-state index in [1.807, 2.05) is 38.1 Å². The van der Waals surface area contributed by atoms with Crippen molar-refractivity contribution >= 4 is 24.0 Å². The van der Waals surface area contributed by atoms with Crippen molar-refractivity contribution in [2.24, 2.45) is 17.8 Å². The number of benzene rings is 1. The van der Waals surface area contributed by atoms with Crippen molar-refractivity contribution in [2.75, 3.05) is 18.1 Å². The molecule has 36 heavy (non-hydrogen) atoms. The molecule has 0 bridgehead atoms. The van der Waals surface area contributed by atoms with Gasteiger partial charge in [0, 0.05) is 25.2 Å². The minimum Gasteiger partial charge on any atom is -0.449 e. The standard InChI is InChI=1S/C28H37N3O5/c1-19(2)31(27(32)23-10-4-20(3)5-11-23)26-25(36-28(33)34)18-30(29-26)24-12-8-21(9-13-24)6-7-22-14-16-35-17-15-22/h6-9,12-13,18-20,22-23H,4-5,10-11,14-17H2,1-3H3,(H,33,34)/b7-6+. The molecular formula is C28H37N3O5. The third-order valence-corrected chi connectivity index (χ3v) is 7.19. The quantitative estimate of drug-likeness (QED) is 0.478. The summed E-state index contributed by atoms with van der Waals surface area (Å²) in [6.07, 6.45) is 10.2. The summed E-state index contributed by atoms with van der Waals surface area (Å²) in [5, 5.41) is 14.0. The van der Waals surface area contributed by atoms with Crippen molar-refractivity contribution in [1.29, 1.82) is 0 Å². The summed E-state index contributed by atoms with van der Waals surface area (Å²) < 4.78 is 12.1. The summed E-state index contributed by atoms with van der Waals surface area (Å²) in [5.41, 5.74) is 1.83. The molecule has 1 N–H and O–H groups in total. The molecule has 1 amide bonds. The number of nitrogens with zero attached hydrogens (tertiary/aromatic N) is 3. The second-order valence-corrected chi connectivity index (χ2v) is 10.3. The van der Waals surface area contributed by atoms with Gasteiger partial charge in [-0.3, -0.25) is 9.69 Å². The number of hydrogen-bond donors (Lipinski definition) is 1. The van der Waals surface area contributed by atoms with Crippen LogP contribution in [-0.2, 0) is 9.53 Å².